The molecule has 2 amide bonds. The van der Waals surface area contributed by atoms with Gasteiger partial charge in [-0.3, -0.25) is 9.59 Å². The second-order valence-corrected chi connectivity index (χ2v) is 7.00. The minimum Gasteiger partial charge on any atom is -0.395 e. The number of fused-ring (bicyclic) bond motifs is 1. The van der Waals surface area contributed by atoms with E-state index in [9.17, 15) is 18.4 Å². The number of piperazine rings is 1. The van der Waals surface area contributed by atoms with Crippen LogP contribution in [0.25, 0.3) is 6.08 Å². The highest BCUT2D eigenvalue weighted by Gasteiger charge is 2.43. The standard InChI is InChI=1S/C21H19F2N3O5/c22-21(23)30-17-6-4-14(12-18(17)31-21)5-7-19(28)25-8-10-26(11-9-25)20(29)16-3-1-2-15(13-27)24-16/h1-7,12,27H,8-11,13H2/b7-5+. The predicted octanol–water partition coefficient (Wildman–Crippen LogP) is 1.89. The van der Waals surface area contributed by atoms with Gasteiger partial charge in [-0.15, -0.1) is 8.78 Å². The first-order valence-electron chi connectivity index (χ1n) is 9.57. The number of carbonyl (C=O) groups is 2. The van der Waals surface area contributed by atoms with E-state index in [2.05, 4.69) is 14.5 Å². The lowest BCUT2D eigenvalue weighted by molar-refractivity contribution is -0.286. The molecule has 2 aromatic rings. The summed E-state index contributed by atoms with van der Waals surface area (Å²) in [5.74, 6) is -0.663. The minimum atomic E-state index is -3.69. The van der Waals surface area contributed by atoms with Crippen LogP contribution < -0.4 is 9.47 Å². The van der Waals surface area contributed by atoms with Crippen molar-refractivity contribution in [3.05, 3.63) is 59.4 Å². The first kappa shape index (κ1) is 20.7. The molecule has 1 N–H and O–H groups in total. The fraction of sp³-hybridized carbons (Fsp3) is 0.286. The van der Waals surface area contributed by atoms with Gasteiger partial charge in [0.2, 0.25) is 5.91 Å². The van der Waals surface area contributed by atoms with Crippen molar-refractivity contribution in [2.45, 2.75) is 12.9 Å². The number of aromatic nitrogens is 1. The number of hydrogen-bond acceptors (Lipinski definition) is 6. The van der Waals surface area contributed by atoms with Crippen molar-refractivity contribution in [3.63, 3.8) is 0 Å². The molecule has 4 rings (SSSR count). The first-order valence-corrected chi connectivity index (χ1v) is 9.57. The molecule has 2 aliphatic rings. The largest absolute Gasteiger partial charge is 0.586 e. The molecule has 3 heterocycles. The monoisotopic (exact) mass is 431 g/mol. The van der Waals surface area contributed by atoms with E-state index in [0.29, 0.717) is 37.4 Å². The topological polar surface area (TPSA) is 92.2 Å². The van der Waals surface area contributed by atoms with E-state index < -0.39 is 6.29 Å². The Hall–Kier alpha value is -3.53. The smallest absolute Gasteiger partial charge is 0.395 e. The number of alkyl halides is 2. The number of pyridine rings is 1. The highest BCUT2D eigenvalue weighted by atomic mass is 19.3. The van der Waals surface area contributed by atoms with Gasteiger partial charge in [0.15, 0.2) is 11.5 Å². The van der Waals surface area contributed by atoms with Crippen LogP contribution in [0.2, 0.25) is 0 Å². The van der Waals surface area contributed by atoms with E-state index in [0.717, 1.165) is 0 Å². The zero-order chi connectivity index (χ0) is 22.0. The molecule has 0 radical (unpaired) electrons. The van der Waals surface area contributed by atoms with E-state index in [4.69, 9.17) is 5.11 Å². The second-order valence-electron chi connectivity index (χ2n) is 7.00. The van der Waals surface area contributed by atoms with E-state index in [1.54, 1.807) is 28.0 Å². The Morgan fingerprint density at radius 2 is 1.77 bits per heavy atom. The third-order valence-corrected chi connectivity index (χ3v) is 4.91. The molecular weight excluding hydrogens is 412 g/mol. The Morgan fingerprint density at radius 1 is 1.06 bits per heavy atom. The zero-order valence-corrected chi connectivity index (χ0v) is 16.3. The quantitative estimate of drug-likeness (QED) is 0.744. The van der Waals surface area contributed by atoms with Gasteiger partial charge in [-0.2, -0.15) is 0 Å². The molecule has 0 aliphatic carbocycles. The summed E-state index contributed by atoms with van der Waals surface area (Å²) in [5.41, 5.74) is 1.17. The maximum atomic E-state index is 13.1. The normalized spacial score (nSPS) is 17.3. The Bertz CT molecular complexity index is 1040. The number of aliphatic hydroxyl groups is 1. The van der Waals surface area contributed by atoms with Crippen molar-refractivity contribution in [2.24, 2.45) is 0 Å². The van der Waals surface area contributed by atoms with E-state index in [1.807, 2.05) is 0 Å². The molecule has 1 aromatic heterocycles. The summed E-state index contributed by atoms with van der Waals surface area (Å²) in [7, 11) is 0. The van der Waals surface area contributed by atoms with Crippen LogP contribution in [0.5, 0.6) is 11.5 Å². The molecule has 10 heteroatoms. The van der Waals surface area contributed by atoms with Crippen molar-refractivity contribution in [1.29, 1.82) is 0 Å². The van der Waals surface area contributed by atoms with Gasteiger partial charge in [-0.05, 0) is 35.9 Å². The molecule has 0 spiro atoms. The maximum Gasteiger partial charge on any atom is 0.586 e. The summed E-state index contributed by atoms with van der Waals surface area (Å²) in [6, 6.07) is 9.13. The second kappa shape index (κ2) is 8.31. The van der Waals surface area contributed by atoms with Crippen LogP contribution >= 0.6 is 0 Å². The van der Waals surface area contributed by atoms with Crippen molar-refractivity contribution in [1.82, 2.24) is 14.8 Å². The van der Waals surface area contributed by atoms with Gasteiger partial charge in [0.05, 0.1) is 12.3 Å². The molecule has 1 fully saturated rings. The Kier molecular flexibility index (Phi) is 5.55. The highest BCUT2D eigenvalue weighted by molar-refractivity contribution is 5.94. The fourth-order valence-electron chi connectivity index (χ4n) is 3.32. The van der Waals surface area contributed by atoms with Gasteiger partial charge in [0.1, 0.15) is 5.69 Å². The van der Waals surface area contributed by atoms with Crippen molar-refractivity contribution < 1.29 is 33.0 Å². The molecule has 31 heavy (non-hydrogen) atoms. The molecule has 2 aliphatic heterocycles. The van der Waals surface area contributed by atoms with Crippen molar-refractivity contribution >= 4 is 17.9 Å². The lowest BCUT2D eigenvalue weighted by atomic mass is 10.2. The molecule has 8 nitrogen and oxygen atoms in total. The molecule has 0 atom stereocenters. The number of halogens is 2. The van der Waals surface area contributed by atoms with Gasteiger partial charge in [-0.1, -0.05) is 12.1 Å². The summed E-state index contributed by atoms with van der Waals surface area (Å²) in [5, 5.41) is 9.17. The van der Waals surface area contributed by atoms with Crippen LogP contribution in [0.15, 0.2) is 42.5 Å². The maximum absolute atomic E-state index is 13.1. The number of benzene rings is 1. The summed E-state index contributed by atoms with van der Waals surface area (Å²) >= 11 is 0. The lowest BCUT2D eigenvalue weighted by Gasteiger charge is -2.34. The Balaban J connectivity index is 1.33. The molecule has 162 valence electrons. The van der Waals surface area contributed by atoms with Gasteiger partial charge in [-0.25, -0.2) is 4.98 Å². The number of carbonyl (C=O) groups excluding carboxylic acids is 2. The molecule has 0 saturated carbocycles. The van der Waals surface area contributed by atoms with Gasteiger partial charge in [0, 0.05) is 32.3 Å². The summed E-state index contributed by atoms with van der Waals surface area (Å²) in [4.78, 5) is 32.4. The lowest BCUT2D eigenvalue weighted by Crippen LogP contribution is -2.50. The molecule has 0 unspecified atom stereocenters. The van der Waals surface area contributed by atoms with Gasteiger partial charge >= 0.3 is 6.29 Å². The summed E-state index contributed by atoms with van der Waals surface area (Å²) in [6.07, 6.45) is -0.837. The minimum absolute atomic E-state index is 0.0618. The van der Waals surface area contributed by atoms with Gasteiger partial charge < -0.3 is 24.4 Å². The summed E-state index contributed by atoms with van der Waals surface area (Å²) in [6.45, 7) is 1.15. The third kappa shape index (κ3) is 4.64. The highest BCUT2D eigenvalue weighted by Crippen LogP contribution is 2.41. The average molecular weight is 431 g/mol. The van der Waals surface area contributed by atoms with E-state index >= 15 is 0 Å². The molecule has 0 bridgehead atoms. The number of amides is 2. The number of nitrogens with zero attached hydrogens (tertiary/aromatic N) is 3. The fourth-order valence-corrected chi connectivity index (χ4v) is 3.32. The van der Waals surface area contributed by atoms with Crippen LogP contribution in [0.4, 0.5) is 8.78 Å². The first-order chi connectivity index (χ1) is 14.8. The van der Waals surface area contributed by atoms with Crippen molar-refractivity contribution in [3.8, 4) is 11.5 Å². The van der Waals surface area contributed by atoms with Crippen LogP contribution in [-0.4, -0.2) is 64.2 Å². The Labute approximate surface area is 176 Å². The molecular formula is C21H19F2N3O5. The van der Waals surface area contributed by atoms with Gasteiger partial charge in [0.25, 0.3) is 5.91 Å². The van der Waals surface area contributed by atoms with E-state index in [-0.39, 0.29) is 35.6 Å². The Morgan fingerprint density at radius 3 is 2.52 bits per heavy atom. The number of aliphatic hydroxyl groups excluding tert-OH is 1. The van der Waals surface area contributed by atoms with Crippen molar-refractivity contribution in [2.75, 3.05) is 26.2 Å². The molecule has 1 aromatic carbocycles. The molecule has 1 saturated heterocycles. The predicted molar refractivity (Wildman–Crippen MR) is 104 cm³/mol. The average Bonchev–Trinajstić information content (AvgIpc) is 3.10. The number of hydrogen-bond donors (Lipinski definition) is 1. The van der Waals surface area contributed by atoms with Crippen LogP contribution in [0.3, 0.4) is 0 Å². The summed E-state index contributed by atoms with van der Waals surface area (Å²) < 4.78 is 34.9. The van der Waals surface area contributed by atoms with Crippen LogP contribution in [0.1, 0.15) is 21.7 Å². The SMILES string of the molecule is O=C(/C=C/c1ccc2c(c1)OC(F)(F)O2)N1CCN(C(=O)c2cccc(CO)n2)CC1. The number of rotatable bonds is 4. The van der Waals surface area contributed by atoms with E-state index in [1.165, 1.54) is 30.4 Å². The zero-order valence-electron chi connectivity index (χ0n) is 16.3. The van der Waals surface area contributed by atoms with Crippen LogP contribution in [-0.2, 0) is 11.4 Å². The number of ether oxygens (including phenoxy) is 2. The van der Waals surface area contributed by atoms with Crippen LogP contribution in [0, 0.1) is 0 Å². The third-order valence-electron chi connectivity index (χ3n) is 4.91.